The Bertz CT molecular complexity index is 711. The van der Waals surface area contributed by atoms with Crippen LogP contribution in [0.15, 0.2) is 42.3 Å². The maximum atomic E-state index is 11.4. The number of aryl methyl sites for hydroxylation is 1. The van der Waals surface area contributed by atoms with Gasteiger partial charge in [-0.15, -0.1) is 17.9 Å². The van der Waals surface area contributed by atoms with E-state index in [1.54, 1.807) is 18.2 Å². The molecule has 0 fully saturated rings. The van der Waals surface area contributed by atoms with Crippen LogP contribution in [-0.2, 0) is 17.6 Å². The molecule has 1 aromatic carbocycles. The van der Waals surface area contributed by atoms with E-state index in [2.05, 4.69) is 16.9 Å². The monoisotopic (exact) mass is 361 g/mol. The zero-order valence-electron chi connectivity index (χ0n) is 14.7. The second-order valence-corrected chi connectivity index (χ2v) is 6.21. The molecule has 7 heteroatoms. The first-order valence-corrected chi connectivity index (χ1v) is 8.81. The van der Waals surface area contributed by atoms with Gasteiger partial charge in [0.05, 0.1) is 16.7 Å². The smallest absolute Gasteiger partial charge is 0.269 e. The van der Waals surface area contributed by atoms with Gasteiger partial charge in [0.1, 0.15) is 5.01 Å². The third kappa shape index (κ3) is 6.84. The highest BCUT2D eigenvalue weighted by Crippen LogP contribution is 2.23. The molecule has 2 aromatic rings. The summed E-state index contributed by atoms with van der Waals surface area (Å²) in [5, 5.41) is 16.4. The first-order valence-electron chi connectivity index (χ1n) is 7.93. The number of thiazole rings is 1. The third-order valence-corrected chi connectivity index (χ3v) is 4.20. The van der Waals surface area contributed by atoms with Crippen LogP contribution >= 0.6 is 11.3 Å². The molecule has 1 N–H and O–H groups in total. The molecule has 0 saturated carbocycles. The van der Waals surface area contributed by atoms with Gasteiger partial charge in [-0.25, -0.2) is 4.98 Å². The van der Waals surface area contributed by atoms with Crippen molar-refractivity contribution in [3.05, 3.63) is 68.7 Å². The summed E-state index contributed by atoms with van der Waals surface area (Å²) < 4.78 is 0. The number of carbonyl (C=O) groups is 1. The largest absolute Gasteiger partial charge is 0.347 e. The van der Waals surface area contributed by atoms with E-state index in [-0.39, 0.29) is 17.6 Å². The topological polar surface area (TPSA) is 85.1 Å². The number of hydrogen-bond donors (Lipinski definition) is 1. The molecule has 1 amide bonds. The summed E-state index contributed by atoms with van der Waals surface area (Å²) in [5.74, 6) is -0.125. The van der Waals surface area contributed by atoms with Crippen molar-refractivity contribution in [3.63, 3.8) is 0 Å². The molecule has 1 heterocycles. The summed E-state index contributed by atoms with van der Waals surface area (Å²) in [4.78, 5) is 26.2. The molecule has 6 nitrogen and oxygen atoms in total. The number of benzene rings is 1. The number of hydrogen-bond acceptors (Lipinski definition) is 5. The predicted octanol–water partition coefficient (Wildman–Crippen LogP) is 4.23. The van der Waals surface area contributed by atoms with Crippen LogP contribution in [0.1, 0.15) is 43.1 Å². The lowest BCUT2D eigenvalue weighted by molar-refractivity contribution is -0.384. The van der Waals surface area contributed by atoms with Gasteiger partial charge in [0.2, 0.25) is 5.91 Å². The lowest BCUT2D eigenvalue weighted by Crippen LogP contribution is -2.27. The molecule has 0 radical (unpaired) electrons. The van der Waals surface area contributed by atoms with Gasteiger partial charge in [-0.3, -0.25) is 14.9 Å². The van der Waals surface area contributed by atoms with Gasteiger partial charge in [0.15, 0.2) is 0 Å². The molecule has 0 unspecified atom stereocenters. The molecule has 0 spiro atoms. The van der Waals surface area contributed by atoms with E-state index in [0.29, 0.717) is 6.42 Å². The summed E-state index contributed by atoms with van der Waals surface area (Å²) in [5.41, 5.74) is 1.97. The second-order valence-electron chi connectivity index (χ2n) is 5.32. The highest BCUT2D eigenvalue weighted by Gasteiger charge is 2.17. The van der Waals surface area contributed by atoms with Gasteiger partial charge >= 0.3 is 0 Å². The number of aromatic nitrogens is 1. The highest BCUT2D eigenvalue weighted by atomic mass is 32.1. The summed E-state index contributed by atoms with van der Waals surface area (Å²) in [6.07, 6.45) is 3.15. The Hall–Kier alpha value is -2.54. The van der Waals surface area contributed by atoms with Crippen LogP contribution in [-0.4, -0.2) is 15.8 Å². The fraction of sp³-hybridized carbons (Fsp3) is 0.333. The number of amides is 1. The number of rotatable bonds is 6. The molecular weight excluding hydrogens is 338 g/mol. The number of allylic oxidation sites excluding steroid dienone is 1. The number of nitrogens with zero attached hydrogens (tertiary/aromatic N) is 2. The first kappa shape index (κ1) is 20.5. The summed E-state index contributed by atoms with van der Waals surface area (Å²) in [7, 11) is 0. The third-order valence-electron chi connectivity index (χ3n) is 3.19. The highest BCUT2D eigenvalue weighted by molar-refractivity contribution is 7.09. The standard InChI is InChI=1S/C15H17N3O3S.C3H6/c1-3-12-9-22-15(17-12)14(16-10(2)19)8-11-4-6-13(7-5-11)18(20)21;1-3-2/h4-7,9,14H,3,8H2,1-2H3,(H,16,19);3H,1H2,2H3/t14-;/m0./s1. The molecule has 25 heavy (non-hydrogen) atoms. The number of nitro groups is 1. The molecule has 0 aliphatic heterocycles. The molecule has 2 rings (SSSR count). The minimum absolute atomic E-state index is 0.0577. The van der Waals surface area contributed by atoms with E-state index >= 15 is 0 Å². The van der Waals surface area contributed by atoms with Crippen molar-refractivity contribution in [2.75, 3.05) is 0 Å². The minimum Gasteiger partial charge on any atom is -0.347 e. The molecular formula is C18H23N3O3S. The van der Waals surface area contributed by atoms with Gasteiger partial charge in [-0.05, 0) is 25.3 Å². The number of nitrogens with one attached hydrogen (secondary N) is 1. The zero-order chi connectivity index (χ0) is 18.8. The zero-order valence-corrected chi connectivity index (χ0v) is 15.5. The fourth-order valence-corrected chi connectivity index (χ4v) is 3.03. The van der Waals surface area contributed by atoms with Crippen molar-refractivity contribution in [2.24, 2.45) is 0 Å². The van der Waals surface area contributed by atoms with E-state index in [9.17, 15) is 14.9 Å². The predicted molar refractivity (Wildman–Crippen MR) is 101 cm³/mol. The number of non-ortho nitro benzene ring substituents is 1. The van der Waals surface area contributed by atoms with Gasteiger partial charge in [-0.1, -0.05) is 25.1 Å². The van der Waals surface area contributed by atoms with Gasteiger partial charge < -0.3 is 5.32 Å². The number of carbonyl (C=O) groups excluding carboxylic acids is 1. The van der Waals surface area contributed by atoms with E-state index in [1.807, 2.05) is 19.2 Å². The molecule has 0 bridgehead atoms. The Morgan fingerprint density at radius 2 is 2.04 bits per heavy atom. The molecule has 0 saturated heterocycles. The molecule has 1 aromatic heterocycles. The Kier molecular flexibility index (Phi) is 8.49. The Balaban J connectivity index is 0.000000970. The van der Waals surface area contributed by atoms with E-state index in [1.165, 1.54) is 30.4 Å². The van der Waals surface area contributed by atoms with Gasteiger partial charge in [0, 0.05) is 24.4 Å². The van der Waals surface area contributed by atoms with E-state index in [0.717, 1.165) is 22.7 Å². The molecule has 0 aliphatic carbocycles. The average molecular weight is 361 g/mol. The SMILES string of the molecule is C=CC.CCc1csc([C@H](Cc2ccc([N+](=O)[O-])cc2)NC(C)=O)n1. The molecule has 0 aliphatic rings. The lowest BCUT2D eigenvalue weighted by atomic mass is 10.1. The Morgan fingerprint density at radius 1 is 1.44 bits per heavy atom. The van der Waals surface area contributed by atoms with Crippen LogP contribution in [0, 0.1) is 10.1 Å². The van der Waals surface area contributed by atoms with Crippen molar-refractivity contribution >= 4 is 22.9 Å². The van der Waals surface area contributed by atoms with Crippen LogP contribution in [0.2, 0.25) is 0 Å². The summed E-state index contributed by atoms with van der Waals surface area (Å²) in [6.45, 7) is 8.75. The maximum absolute atomic E-state index is 11.4. The average Bonchev–Trinajstić information content (AvgIpc) is 3.04. The second kappa shape index (κ2) is 10.4. The Labute approximate surface area is 151 Å². The van der Waals surface area contributed by atoms with Gasteiger partial charge in [-0.2, -0.15) is 0 Å². The van der Waals surface area contributed by atoms with E-state index in [4.69, 9.17) is 0 Å². The quantitative estimate of drug-likeness (QED) is 0.474. The van der Waals surface area contributed by atoms with Crippen molar-refractivity contribution < 1.29 is 9.72 Å². The molecule has 1 atom stereocenters. The minimum atomic E-state index is -0.427. The lowest BCUT2D eigenvalue weighted by Gasteiger charge is -2.15. The van der Waals surface area contributed by atoms with Crippen molar-refractivity contribution in [1.29, 1.82) is 0 Å². The number of nitro benzene ring substituents is 1. The van der Waals surface area contributed by atoms with Crippen LogP contribution in [0.25, 0.3) is 0 Å². The van der Waals surface area contributed by atoms with Crippen molar-refractivity contribution in [2.45, 2.75) is 39.7 Å². The normalized spacial score (nSPS) is 11.0. The first-order chi connectivity index (χ1) is 11.9. The molecule has 134 valence electrons. The van der Waals surface area contributed by atoms with Crippen LogP contribution in [0.3, 0.4) is 0 Å². The summed E-state index contributed by atoms with van der Waals surface area (Å²) >= 11 is 1.52. The van der Waals surface area contributed by atoms with Crippen molar-refractivity contribution in [3.8, 4) is 0 Å². The van der Waals surface area contributed by atoms with E-state index < -0.39 is 4.92 Å². The summed E-state index contributed by atoms with van der Waals surface area (Å²) in [6, 6.07) is 6.14. The van der Waals surface area contributed by atoms with Crippen LogP contribution in [0.4, 0.5) is 5.69 Å². The van der Waals surface area contributed by atoms with Crippen molar-refractivity contribution in [1.82, 2.24) is 10.3 Å². The Morgan fingerprint density at radius 3 is 2.48 bits per heavy atom. The van der Waals surface area contributed by atoms with Crippen LogP contribution in [0.5, 0.6) is 0 Å². The van der Waals surface area contributed by atoms with Gasteiger partial charge in [0.25, 0.3) is 5.69 Å². The fourth-order valence-electron chi connectivity index (χ4n) is 2.08. The van der Waals surface area contributed by atoms with Crippen LogP contribution < -0.4 is 5.32 Å². The maximum Gasteiger partial charge on any atom is 0.269 e.